The van der Waals surface area contributed by atoms with Crippen LogP contribution in [0, 0.1) is 0 Å². The molecular weight excluding hydrogens is 362 g/mol. The summed E-state index contributed by atoms with van der Waals surface area (Å²) in [7, 11) is -1.50. The zero-order chi connectivity index (χ0) is 19.0. The van der Waals surface area contributed by atoms with Gasteiger partial charge in [0.15, 0.2) is 0 Å². The molecule has 3 aromatic rings. The Balaban J connectivity index is 1.70. The number of pyridine rings is 1. The molecule has 0 atom stereocenters. The van der Waals surface area contributed by atoms with Gasteiger partial charge in [-0.3, -0.25) is 0 Å². The van der Waals surface area contributed by atoms with E-state index in [9.17, 15) is 8.42 Å². The maximum atomic E-state index is 11.7. The van der Waals surface area contributed by atoms with E-state index in [4.69, 9.17) is 4.74 Å². The Kier molecular flexibility index (Phi) is 4.49. The van der Waals surface area contributed by atoms with E-state index < -0.39 is 10.0 Å². The van der Waals surface area contributed by atoms with Gasteiger partial charge in [-0.05, 0) is 47.4 Å². The first-order valence-corrected chi connectivity index (χ1v) is 10.6. The Morgan fingerprint density at radius 3 is 2.59 bits per heavy atom. The fourth-order valence-electron chi connectivity index (χ4n) is 3.42. The number of rotatable bonds is 4. The van der Waals surface area contributed by atoms with Gasteiger partial charge in [0, 0.05) is 30.4 Å². The molecule has 6 nitrogen and oxygen atoms in total. The number of H-pyrrole nitrogens is 1. The van der Waals surface area contributed by atoms with E-state index in [2.05, 4.69) is 16.0 Å². The van der Waals surface area contributed by atoms with Gasteiger partial charge in [-0.2, -0.15) is 4.31 Å². The van der Waals surface area contributed by atoms with Crippen LogP contribution in [0.5, 0.6) is 5.75 Å². The molecule has 0 unspecified atom stereocenters. The first-order valence-electron chi connectivity index (χ1n) is 8.72. The number of hydrogen-bond donors (Lipinski definition) is 1. The number of nitrogens with one attached hydrogen (secondary N) is 1. The van der Waals surface area contributed by atoms with Crippen molar-refractivity contribution in [3.8, 4) is 16.9 Å². The van der Waals surface area contributed by atoms with Crippen LogP contribution in [0.1, 0.15) is 12.1 Å². The summed E-state index contributed by atoms with van der Waals surface area (Å²) >= 11 is 0. The summed E-state index contributed by atoms with van der Waals surface area (Å²) < 4.78 is 30.1. The van der Waals surface area contributed by atoms with Gasteiger partial charge in [-0.25, -0.2) is 13.4 Å². The van der Waals surface area contributed by atoms with E-state index in [0.29, 0.717) is 19.5 Å². The van der Waals surface area contributed by atoms with Crippen LogP contribution >= 0.6 is 0 Å². The number of nitrogens with zero attached hydrogens (tertiary/aromatic N) is 2. The molecule has 2 aromatic heterocycles. The Bertz CT molecular complexity index is 1120. The maximum absolute atomic E-state index is 11.7. The molecule has 0 bridgehead atoms. The van der Waals surface area contributed by atoms with Crippen LogP contribution in [0.2, 0.25) is 0 Å². The minimum atomic E-state index is -3.15. The van der Waals surface area contributed by atoms with Gasteiger partial charge in [0.25, 0.3) is 0 Å². The second kappa shape index (κ2) is 6.83. The Hall–Kier alpha value is -2.64. The molecule has 7 heteroatoms. The van der Waals surface area contributed by atoms with Crippen molar-refractivity contribution >= 4 is 26.6 Å². The molecule has 0 spiro atoms. The van der Waals surface area contributed by atoms with E-state index in [1.807, 2.05) is 36.4 Å². The van der Waals surface area contributed by atoms with Crippen molar-refractivity contribution in [2.24, 2.45) is 0 Å². The Morgan fingerprint density at radius 2 is 1.96 bits per heavy atom. The highest BCUT2D eigenvalue weighted by atomic mass is 32.2. The van der Waals surface area contributed by atoms with Gasteiger partial charge in [0.2, 0.25) is 10.0 Å². The lowest BCUT2D eigenvalue weighted by Gasteiger charge is -2.23. The zero-order valence-electron chi connectivity index (χ0n) is 15.3. The minimum absolute atomic E-state index is 0.405. The van der Waals surface area contributed by atoms with E-state index in [-0.39, 0.29) is 0 Å². The average molecular weight is 383 g/mol. The van der Waals surface area contributed by atoms with E-state index in [0.717, 1.165) is 39.2 Å². The summed E-state index contributed by atoms with van der Waals surface area (Å²) in [5.74, 6) is 0.821. The SMILES string of the molecule is COc1ccc(-c2ccnc3[nH]c(C4=CCN(S(C)(=O)=O)CC4)cc23)cc1. The monoisotopic (exact) mass is 383 g/mol. The fourth-order valence-corrected chi connectivity index (χ4v) is 4.19. The average Bonchev–Trinajstić information content (AvgIpc) is 3.12. The van der Waals surface area contributed by atoms with E-state index >= 15 is 0 Å². The summed E-state index contributed by atoms with van der Waals surface area (Å²) in [4.78, 5) is 7.84. The quantitative estimate of drug-likeness (QED) is 0.750. The molecule has 1 aromatic carbocycles. The van der Waals surface area contributed by atoms with Gasteiger partial charge in [-0.1, -0.05) is 18.2 Å². The summed E-state index contributed by atoms with van der Waals surface area (Å²) in [5.41, 5.74) is 5.12. The molecule has 140 valence electrons. The molecule has 1 aliphatic rings. The second-order valence-corrected chi connectivity index (χ2v) is 8.62. The van der Waals surface area contributed by atoms with Crippen LogP contribution < -0.4 is 4.74 Å². The largest absolute Gasteiger partial charge is 0.497 e. The molecule has 0 amide bonds. The normalized spacial score (nSPS) is 15.7. The molecule has 1 aliphatic heterocycles. The molecule has 0 saturated carbocycles. The smallest absolute Gasteiger partial charge is 0.211 e. The molecule has 0 saturated heterocycles. The van der Waals surface area contributed by atoms with Crippen molar-refractivity contribution < 1.29 is 13.2 Å². The third-order valence-corrected chi connectivity index (χ3v) is 6.19. The van der Waals surface area contributed by atoms with E-state index in [1.165, 1.54) is 10.6 Å². The second-order valence-electron chi connectivity index (χ2n) is 6.63. The number of ether oxygens (including phenoxy) is 1. The van der Waals surface area contributed by atoms with Crippen molar-refractivity contribution in [1.82, 2.24) is 14.3 Å². The fraction of sp³-hybridized carbons (Fsp3) is 0.250. The van der Waals surface area contributed by atoms with Crippen molar-refractivity contribution in [1.29, 1.82) is 0 Å². The van der Waals surface area contributed by atoms with Crippen molar-refractivity contribution in [3.63, 3.8) is 0 Å². The van der Waals surface area contributed by atoms with Crippen molar-refractivity contribution in [2.75, 3.05) is 26.5 Å². The molecule has 3 heterocycles. The van der Waals surface area contributed by atoms with E-state index in [1.54, 1.807) is 13.3 Å². The number of methoxy groups -OCH3 is 1. The number of sulfonamides is 1. The predicted molar refractivity (Wildman–Crippen MR) is 107 cm³/mol. The van der Waals surface area contributed by atoms with Crippen LogP contribution in [0.4, 0.5) is 0 Å². The van der Waals surface area contributed by atoms with Gasteiger partial charge in [0.05, 0.1) is 13.4 Å². The molecule has 0 radical (unpaired) electrons. The highest BCUT2D eigenvalue weighted by molar-refractivity contribution is 7.88. The van der Waals surface area contributed by atoms with Gasteiger partial charge in [-0.15, -0.1) is 0 Å². The maximum Gasteiger partial charge on any atom is 0.211 e. The molecule has 27 heavy (non-hydrogen) atoms. The van der Waals surface area contributed by atoms with Gasteiger partial charge in [0.1, 0.15) is 11.4 Å². The highest BCUT2D eigenvalue weighted by Gasteiger charge is 2.21. The number of benzene rings is 1. The number of hydrogen-bond acceptors (Lipinski definition) is 4. The molecule has 4 rings (SSSR count). The first-order chi connectivity index (χ1) is 13.0. The molecule has 0 aliphatic carbocycles. The third kappa shape index (κ3) is 3.48. The first kappa shape index (κ1) is 17.8. The topological polar surface area (TPSA) is 75.3 Å². The third-order valence-electron chi connectivity index (χ3n) is 4.92. The van der Waals surface area contributed by atoms with Crippen LogP contribution in [0.15, 0.2) is 48.7 Å². The lowest BCUT2D eigenvalue weighted by Crippen LogP contribution is -2.33. The summed E-state index contributed by atoms with van der Waals surface area (Å²) in [5, 5.41) is 1.05. The summed E-state index contributed by atoms with van der Waals surface area (Å²) in [6.07, 6.45) is 5.70. The standard InChI is InChI=1S/C20H21N3O3S/c1-26-16-5-3-14(4-6-16)17-7-10-21-20-18(17)13-19(22-20)15-8-11-23(12-9-15)27(2,24)25/h3-8,10,13H,9,11-12H2,1-2H3,(H,21,22). The number of aromatic amines is 1. The van der Waals surface area contributed by atoms with Gasteiger partial charge < -0.3 is 9.72 Å². The van der Waals surface area contributed by atoms with Crippen LogP contribution in [-0.2, 0) is 10.0 Å². The molecular formula is C20H21N3O3S. The number of fused-ring (bicyclic) bond motifs is 1. The minimum Gasteiger partial charge on any atom is -0.497 e. The zero-order valence-corrected chi connectivity index (χ0v) is 16.1. The molecule has 0 fully saturated rings. The Labute approximate surface area is 158 Å². The summed E-state index contributed by atoms with van der Waals surface area (Å²) in [6.45, 7) is 0.904. The van der Waals surface area contributed by atoms with Crippen LogP contribution in [0.25, 0.3) is 27.7 Å². The lowest BCUT2D eigenvalue weighted by atomic mass is 10.0. The Morgan fingerprint density at radius 1 is 1.19 bits per heavy atom. The summed E-state index contributed by atoms with van der Waals surface area (Å²) in [6, 6.07) is 12.1. The van der Waals surface area contributed by atoms with Crippen molar-refractivity contribution in [3.05, 3.63) is 54.4 Å². The lowest BCUT2D eigenvalue weighted by molar-refractivity contribution is 0.415. The molecule has 1 N–H and O–H groups in total. The number of aromatic nitrogens is 2. The van der Waals surface area contributed by atoms with Gasteiger partial charge >= 0.3 is 0 Å². The van der Waals surface area contributed by atoms with Crippen LogP contribution in [-0.4, -0.2) is 49.1 Å². The highest BCUT2D eigenvalue weighted by Crippen LogP contribution is 2.32. The predicted octanol–water partition coefficient (Wildman–Crippen LogP) is 3.29. The van der Waals surface area contributed by atoms with Crippen LogP contribution in [0.3, 0.4) is 0 Å². The van der Waals surface area contributed by atoms with Crippen molar-refractivity contribution in [2.45, 2.75) is 6.42 Å².